The summed E-state index contributed by atoms with van der Waals surface area (Å²) in [4.78, 5) is 24.5. The van der Waals surface area contributed by atoms with Crippen LogP contribution in [0.25, 0.3) is 0 Å². The minimum absolute atomic E-state index is 0.0801. The zero-order chi connectivity index (χ0) is 13.1. The van der Waals surface area contributed by atoms with Crippen molar-refractivity contribution >= 4 is 23.5 Å². The Morgan fingerprint density at radius 2 is 1.72 bits per heavy atom. The number of carbonyl (C=O) groups excluding carboxylic acids is 2. The molecule has 0 aliphatic carbocycles. The third-order valence-corrected chi connectivity index (χ3v) is 3.46. The first-order chi connectivity index (χ1) is 8.58. The summed E-state index contributed by atoms with van der Waals surface area (Å²) in [6.07, 6.45) is 0.920. The Bertz CT molecular complexity index is 450. The SMILES string of the molecule is O=C([O-])C1CCN(C(=O)c2ccc(Cl)cc2)CC1. The lowest BCUT2D eigenvalue weighted by atomic mass is 9.96. The van der Waals surface area contributed by atoms with Gasteiger partial charge in [0.05, 0.1) is 0 Å². The molecule has 0 unspecified atom stereocenters. The van der Waals surface area contributed by atoms with Crippen LogP contribution in [0.2, 0.25) is 5.02 Å². The van der Waals surface area contributed by atoms with E-state index in [4.69, 9.17) is 11.6 Å². The van der Waals surface area contributed by atoms with Crippen molar-refractivity contribution < 1.29 is 14.7 Å². The number of hydrogen-bond acceptors (Lipinski definition) is 3. The molecular weight excluding hydrogens is 254 g/mol. The van der Waals surface area contributed by atoms with E-state index in [1.54, 1.807) is 29.2 Å². The first-order valence-corrected chi connectivity index (χ1v) is 6.21. The lowest BCUT2D eigenvalue weighted by Gasteiger charge is -2.32. The van der Waals surface area contributed by atoms with Gasteiger partial charge >= 0.3 is 0 Å². The second-order valence-electron chi connectivity index (χ2n) is 4.39. The third-order valence-electron chi connectivity index (χ3n) is 3.21. The Hall–Kier alpha value is -1.55. The van der Waals surface area contributed by atoms with Crippen molar-refractivity contribution in [2.75, 3.05) is 13.1 Å². The Labute approximate surface area is 110 Å². The Morgan fingerprint density at radius 1 is 1.17 bits per heavy atom. The summed E-state index contributed by atoms with van der Waals surface area (Å²) < 4.78 is 0. The highest BCUT2D eigenvalue weighted by Gasteiger charge is 2.23. The highest BCUT2D eigenvalue weighted by molar-refractivity contribution is 6.30. The molecule has 0 N–H and O–H groups in total. The van der Waals surface area contributed by atoms with Gasteiger partial charge in [0.25, 0.3) is 5.91 Å². The number of carboxylic acid groups (broad SMARTS) is 1. The number of nitrogens with zero attached hydrogens (tertiary/aromatic N) is 1. The molecule has 1 saturated heterocycles. The van der Waals surface area contributed by atoms with Gasteiger partial charge in [0.2, 0.25) is 0 Å². The predicted molar refractivity (Wildman–Crippen MR) is 65.1 cm³/mol. The van der Waals surface area contributed by atoms with Crippen molar-refractivity contribution in [1.82, 2.24) is 4.90 Å². The van der Waals surface area contributed by atoms with Crippen LogP contribution >= 0.6 is 11.6 Å². The summed E-state index contributed by atoms with van der Waals surface area (Å²) in [7, 11) is 0. The highest BCUT2D eigenvalue weighted by atomic mass is 35.5. The van der Waals surface area contributed by atoms with E-state index >= 15 is 0 Å². The molecule has 0 saturated carbocycles. The van der Waals surface area contributed by atoms with Crippen LogP contribution in [0.15, 0.2) is 24.3 Å². The number of halogens is 1. The Balaban J connectivity index is 1.99. The zero-order valence-electron chi connectivity index (χ0n) is 9.77. The number of aliphatic carboxylic acids is 1. The third kappa shape index (κ3) is 2.82. The largest absolute Gasteiger partial charge is 0.550 e. The number of rotatable bonds is 2. The number of piperidine rings is 1. The van der Waals surface area contributed by atoms with Gasteiger partial charge in [-0.15, -0.1) is 0 Å². The van der Waals surface area contributed by atoms with E-state index in [9.17, 15) is 14.7 Å². The maximum absolute atomic E-state index is 12.1. The van der Waals surface area contributed by atoms with Gasteiger partial charge in [-0.3, -0.25) is 4.79 Å². The van der Waals surface area contributed by atoms with Crippen LogP contribution in [0.1, 0.15) is 23.2 Å². The summed E-state index contributed by atoms with van der Waals surface area (Å²) in [6.45, 7) is 0.917. The molecule has 4 nitrogen and oxygen atoms in total. The van der Waals surface area contributed by atoms with Crippen LogP contribution in [-0.2, 0) is 4.79 Å². The normalized spacial score (nSPS) is 16.6. The van der Waals surface area contributed by atoms with E-state index in [0.717, 1.165) is 0 Å². The van der Waals surface area contributed by atoms with Crippen LogP contribution in [-0.4, -0.2) is 29.9 Å². The molecule has 2 rings (SSSR count). The van der Waals surface area contributed by atoms with Gasteiger partial charge < -0.3 is 14.8 Å². The van der Waals surface area contributed by atoms with Crippen molar-refractivity contribution in [3.8, 4) is 0 Å². The van der Waals surface area contributed by atoms with E-state index in [1.165, 1.54) is 0 Å². The van der Waals surface area contributed by atoms with Gasteiger partial charge in [-0.2, -0.15) is 0 Å². The summed E-state index contributed by atoms with van der Waals surface area (Å²) in [6, 6.07) is 6.69. The quantitative estimate of drug-likeness (QED) is 0.800. The van der Waals surface area contributed by atoms with Gasteiger partial charge in [-0.25, -0.2) is 0 Å². The average Bonchev–Trinajstić information content (AvgIpc) is 2.39. The van der Waals surface area contributed by atoms with Crippen molar-refractivity contribution in [2.45, 2.75) is 12.8 Å². The minimum Gasteiger partial charge on any atom is -0.550 e. The molecule has 0 aromatic heterocycles. The second-order valence-corrected chi connectivity index (χ2v) is 4.83. The van der Waals surface area contributed by atoms with Crippen LogP contribution in [0.5, 0.6) is 0 Å². The molecule has 0 atom stereocenters. The van der Waals surface area contributed by atoms with Crippen molar-refractivity contribution in [3.63, 3.8) is 0 Å². The molecule has 1 fully saturated rings. The maximum atomic E-state index is 12.1. The lowest BCUT2D eigenvalue weighted by molar-refractivity contribution is -0.312. The molecule has 5 heteroatoms. The standard InChI is InChI=1S/C13H14ClNO3/c14-11-3-1-9(2-4-11)12(16)15-7-5-10(6-8-15)13(17)18/h1-4,10H,5-8H2,(H,17,18)/p-1. The summed E-state index contributed by atoms with van der Waals surface area (Å²) in [5, 5.41) is 11.3. The molecule has 0 radical (unpaired) electrons. The molecule has 18 heavy (non-hydrogen) atoms. The van der Waals surface area contributed by atoms with Crippen molar-refractivity contribution in [2.24, 2.45) is 5.92 Å². The number of amides is 1. The molecule has 0 spiro atoms. The summed E-state index contributed by atoms with van der Waals surface area (Å²) in [5.41, 5.74) is 0.575. The molecule has 1 heterocycles. The van der Waals surface area contributed by atoms with Crippen LogP contribution in [0, 0.1) is 5.92 Å². The number of hydrogen-bond donors (Lipinski definition) is 0. The second kappa shape index (κ2) is 5.40. The molecular formula is C13H13ClNO3-. The fraction of sp³-hybridized carbons (Fsp3) is 0.385. The van der Waals surface area contributed by atoms with E-state index in [-0.39, 0.29) is 5.91 Å². The number of carbonyl (C=O) groups is 2. The summed E-state index contributed by atoms with van der Waals surface area (Å²) in [5.74, 6) is -1.53. The smallest absolute Gasteiger partial charge is 0.253 e. The number of benzene rings is 1. The maximum Gasteiger partial charge on any atom is 0.253 e. The minimum atomic E-state index is -1.02. The fourth-order valence-corrected chi connectivity index (χ4v) is 2.22. The van der Waals surface area contributed by atoms with Crippen molar-refractivity contribution in [3.05, 3.63) is 34.9 Å². The Kier molecular flexibility index (Phi) is 3.87. The van der Waals surface area contributed by atoms with E-state index in [2.05, 4.69) is 0 Å². The average molecular weight is 267 g/mol. The first kappa shape index (κ1) is 12.9. The molecule has 1 aromatic carbocycles. The molecule has 96 valence electrons. The Morgan fingerprint density at radius 3 is 2.22 bits per heavy atom. The molecule has 1 amide bonds. The first-order valence-electron chi connectivity index (χ1n) is 5.83. The van der Waals surface area contributed by atoms with E-state index < -0.39 is 11.9 Å². The van der Waals surface area contributed by atoms with Gasteiger partial charge in [-0.05, 0) is 37.1 Å². The monoisotopic (exact) mass is 266 g/mol. The molecule has 1 aliphatic heterocycles. The van der Waals surface area contributed by atoms with Crippen LogP contribution < -0.4 is 5.11 Å². The molecule has 1 aliphatic rings. The van der Waals surface area contributed by atoms with Gasteiger partial charge in [0, 0.05) is 35.6 Å². The number of likely N-dealkylation sites (tertiary alicyclic amines) is 1. The molecule has 1 aromatic rings. The highest BCUT2D eigenvalue weighted by Crippen LogP contribution is 2.19. The van der Waals surface area contributed by atoms with Gasteiger partial charge in [0.1, 0.15) is 0 Å². The number of carboxylic acids is 1. The predicted octanol–water partition coefficient (Wildman–Crippen LogP) is 0.942. The zero-order valence-corrected chi connectivity index (χ0v) is 10.5. The van der Waals surface area contributed by atoms with Gasteiger partial charge in [-0.1, -0.05) is 11.6 Å². The molecule has 0 bridgehead atoms. The van der Waals surface area contributed by atoms with Crippen molar-refractivity contribution in [1.29, 1.82) is 0 Å². The van der Waals surface area contributed by atoms with Crippen LogP contribution in [0.3, 0.4) is 0 Å². The van der Waals surface area contributed by atoms with E-state index in [0.29, 0.717) is 36.5 Å². The van der Waals surface area contributed by atoms with Gasteiger partial charge in [0.15, 0.2) is 0 Å². The fourth-order valence-electron chi connectivity index (χ4n) is 2.09. The lowest BCUT2D eigenvalue weighted by Crippen LogP contribution is -2.43. The summed E-state index contributed by atoms with van der Waals surface area (Å²) >= 11 is 5.76. The topological polar surface area (TPSA) is 60.4 Å². The van der Waals surface area contributed by atoms with E-state index in [1.807, 2.05) is 0 Å². The van der Waals surface area contributed by atoms with Crippen LogP contribution in [0.4, 0.5) is 0 Å².